The van der Waals surface area contributed by atoms with E-state index in [0.717, 1.165) is 0 Å². The molecule has 0 bridgehead atoms. The smallest absolute Gasteiger partial charge is 0.160 e. The number of ketones is 1. The van der Waals surface area contributed by atoms with E-state index in [0.29, 0.717) is 29.2 Å². The lowest BCUT2D eigenvalue weighted by atomic mass is 9.98. The molecule has 0 fully saturated rings. The Hall–Kier alpha value is -2.76. The summed E-state index contributed by atoms with van der Waals surface area (Å²) >= 11 is 0. The largest absolute Gasteiger partial charge is 0.497 e. The van der Waals surface area contributed by atoms with Crippen molar-refractivity contribution in [3.8, 4) is 11.5 Å². The van der Waals surface area contributed by atoms with Gasteiger partial charge >= 0.3 is 0 Å². The highest BCUT2D eigenvalue weighted by molar-refractivity contribution is 6.24. The molecule has 0 N–H and O–H groups in total. The summed E-state index contributed by atoms with van der Waals surface area (Å²) in [4.78, 5) is 11.9. The second-order valence-corrected chi connectivity index (χ2v) is 5.00. The summed E-state index contributed by atoms with van der Waals surface area (Å²) in [5.41, 5.74) is -0.356. The van der Waals surface area contributed by atoms with E-state index in [1.807, 2.05) is 0 Å². The minimum atomic E-state index is -1.15. The maximum atomic E-state index is 14.0. The molecule has 2 aromatic carbocycles. The zero-order valence-electron chi connectivity index (χ0n) is 13.3. The van der Waals surface area contributed by atoms with Gasteiger partial charge in [0, 0.05) is 23.8 Å². The van der Waals surface area contributed by atoms with Crippen molar-refractivity contribution in [3.05, 3.63) is 58.9 Å². The molecule has 2 aromatic rings. The van der Waals surface area contributed by atoms with E-state index < -0.39 is 28.8 Å². The maximum Gasteiger partial charge on any atom is 0.160 e. The Morgan fingerprint density at radius 1 is 0.917 bits per heavy atom. The highest BCUT2D eigenvalue weighted by Gasteiger charge is 2.19. The average molecular weight is 336 g/mol. The van der Waals surface area contributed by atoms with Crippen molar-refractivity contribution in [2.24, 2.45) is 0 Å². The molecule has 2 rings (SSSR count). The summed E-state index contributed by atoms with van der Waals surface area (Å²) in [6, 6.07) is 5.82. The minimum absolute atomic E-state index is 0.222. The van der Waals surface area contributed by atoms with Gasteiger partial charge in [-0.25, -0.2) is 13.2 Å². The maximum absolute atomic E-state index is 14.0. The topological polar surface area (TPSA) is 35.5 Å². The monoisotopic (exact) mass is 336 g/mol. The van der Waals surface area contributed by atoms with E-state index in [2.05, 4.69) is 0 Å². The Labute approximate surface area is 137 Å². The molecule has 126 valence electrons. The first-order valence-corrected chi connectivity index (χ1v) is 6.96. The van der Waals surface area contributed by atoms with E-state index in [1.54, 1.807) is 18.2 Å². The standard InChI is InChI=1S/C18H15F3O3/c1-10(22)15(18-16(20)7-12(19)8-17(18)21)6-11-4-13(23-2)9-14(5-11)24-3/h4-9H,1-3H3/b15-6-. The number of benzene rings is 2. The van der Waals surface area contributed by atoms with Crippen LogP contribution in [0.2, 0.25) is 0 Å². The fourth-order valence-electron chi connectivity index (χ4n) is 2.23. The molecule has 0 aliphatic heterocycles. The fraction of sp³-hybridized carbons (Fsp3) is 0.167. The van der Waals surface area contributed by atoms with Crippen LogP contribution >= 0.6 is 0 Å². The molecule has 0 aliphatic carbocycles. The summed E-state index contributed by atoms with van der Waals surface area (Å²) < 4.78 is 51.3. The number of methoxy groups -OCH3 is 2. The number of carbonyl (C=O) groups excluding carboxylic acids is 1. The van der Waals surface area contributed by atoms with Crippen molar-refractivity contribution in [2.75, 3.05) is 14.2 Å². The first-order chi connectivity index (χ1) is 11.3. The Morgan fingerprint density at radius 3 is 1.83 bits per heavy atom. The summed E-state index contributed by atoms with van der Waals surface area (Å²) in [6.45, 7) is 1.17. The Kier molecular flexibility index (Phi) is 5.28. The van der Waals surface area contributed by atoms with Crippen molar-refractivity contribution >= 4 is 17.4 Å². The average Bonchev–Trinajstić information content (AvgIpc) is 2.52. The molecule has 6 heteroatoms. The number of halogens is 3. The van der Waals surface area contributed by atoms with Crippen molar-refractivity contribution in [1.82, 2.24) is 0 Å². The van der Waals surface area contributed by atoms with Gasteiger partial charge in [-0.15, -0.1) is 0 Å². The third-order valence-corrected chi connectivity index (χ3v) is 3.34. The van der Waals surface area contributed by atoms with Crippen LogP contribution in [0, 0.1) is 17.5 Å². The molecule has 0 amide bonds. The SMILES string of the molecule is COc1cc(/C=C(/C(C)=O)c2c(F)cc(F)cc2F)cc(OC)c1. The van der Waals surface area contributed by atoms with E-state index >= 15 is 0 Å². The minimum Gasteiger partial charge on any atom is -0.497 e. The lowest BCUT2D eigenvalue weighted by Gasteiger charge is -2.10. The number of rotatable bonds is 5. The summed E-state index contributed by atoms with van der Waals surface area (Å²) in [5, 5.41) is 0. The Morgan fingerprint density at radius 2 is 1.42 bits per heavy atom. The molecule has 24 heavy (non-hydrogen) atoms. The van der Waals surface area contributed by atoms with Gasteiger partial charge in [-0.3, -0.25) is 4.79 Å². The Bertz CT molecular complexity index is 768. The third-order valence-electron chi connectivity index (χ3n) is 3.34. The van der Waals surface area contributed by atoms with Crippen molar-refractivity contribution in [2.45, 2.75) is 6.92 Å². The van der Waals surface area contributed by atoms with Crippen LogP contribution in [0.15, 0.2) is 30.3 Å². The fourth-order valence-corrected chi connectivity index (χ4v) is 2.23. The van der Waals surface area contributed by atoms with Gasteiger partial charge in [0.25, 0.3) is 0 Å². The number of hydrogen-bond acceptors (Lipinski definition) is 3. The van der Waals surface area contributed by atoms with Gasteiger partial charge in [0.05, 0.1) is 19.8 Å². The Balaban J connectivity index is 2.65. The van der Waals surface area contributed by atoms with Crippen LogP contribution in [0.25, 0.3) is 11.6 Å². The van der Waals surface area contributed by atoms with Gasteiger partial charge in [-0.1, -0.05) is 0 Å². The van der Waals surface area contributed by atoms with Crippen molar-refractivity contribution < 1.29 is 27.4 Å². The number of carbonyl (C=O) groups is 1. The van der Waals surface area contributed by atoms with E-state index in [1.165, 1.54) is 27.2 Å². The molecule has 0 saturated carbocycles. The molecule has 3 nitrogen and oxygen atoms in total. The second kappa shape index (κ2) is 7.21. The summed E-state index contributed by atoms with van der Waals surface area (Å²) in [5.74, 6) is -3.03. The van der Waals surface area contributed by atoms with Gasteiger partial charge in [0.1, 0.15) is 29.0 Å². The molecular weight excluding hydrogens is 321 g/mol. The lowest BCUT2D eigenvalue weighted by Crippen LogP contribution is -2.03. The highest BCUT2D eigenvalue weighted by atomic mass is 19.1. The van der Waals surface area contributed by atoms with Crippen LogP contribution in [0.1, 0.15) is 18.1 Å². The van der Waals surface area contributed by atoms with E-state index in [-0.39, 0.29) is 5.57 Å². The molecule has 0 atom stereocenters. The van der Waals surface area contributed by atoms with Crippen LogP contribution in [0.4, 0.5) is 13.2 Å². The third kappa shape index (κ3) is 3.76. The van der Waals surface area contributed by atoms with Crippen molar-refractivity contribution in [1.29, 1.82) is 0 Å². The van der Waals surface area contributed by atoms with E-state index in [4.69, 9.17) is 9.47 Å². The quantitative estimate of drug-likeness (QED) is 0.605. The van der Waals surface area contributed by atoms with E-state index in [9.17, 15) is 18.0 Å². The molecule has 0 saturated heterocycles. The van der Waals surface area contributed by atoms with Gasteiger partial charge in [-0.05, 0) is 30.7 Å². The summed E-state index contributed by atoms with van der Waals surface area (Å²) in [6.07, 6.45) is 1.30. The number of ether oxygens (including phenoxy) is 2. The normalized spacial score (nSPS) is 11.3. The van der Waals surface area contributed by atoms with Gasteiger partial charge < -0.3 is 9.47 Å². The predicted octanol–water partition coefficient (Wildman–Crippen LogP) is 4.25. The predicted molar refractivity (Wildman–Crippen MR) is 84.4 cm³/mol. The van der Waals surface area contributed by atoms with Gasteiger partial charge in [0.2, 0.25) is 0 Å². The molecule has 0 unspecified atom stereocenters. The van der Waals surface area contributed by atoms with Crippen LogP contribution in [0.3, 0.4) is 0 Å². The first-order valence-electron chi connectivity index (χ1n) is 6.96. The van der Waals surface area contributed by atoms with Crippen LogP contribution in [-0.4, -0.2) is 20.0 Å². The first kappa shape index (κ1) is 17.6. The van der Waals surface area contributed by atoms with Crippen LogP contribution < -0.4 is 9.47 Å². The molecular formula is C18H15F3O3. The molecule has 0 aliphatic rings. The molecule has 0 heterocycles. The number of Topliss-reactive ketones (excluding diaryl/α,β-unsaturated/α-hetero) is 1. The second-order valence-electron chi connectivity index (χ2n) is 5.00. The lowest BCUT2D eigenvalue weighted by molar-refractivity contribution is -0.111. The number of allylic oxidation sites excluding steroid dienone is 1. The number of hydrogen-bond donors (Lipinski definition) is 0. The highest BCUT2D eigenvalue weighted by Crippen LogP contribution is 2.29. The molecule has 0 radical (unpaired) electrons. The van der Waals surface area contributed by atoms with Gasteiger partial charge in [0.15, 0.2) is 5.78 Å². The molecule has 0 aromatic heterocycles. The van der Waals surface area contributed by atoms with Crippen LogP contribution in [-0.2, 0) is 4.79 Å². The van der Waals surface area contributed by atoms with Crippen molar-refractivity contribution in [3.63, 3.8) is 0 Å². The van der Waals surface area contributed by atoms with Crippen LogP contribution in [0.5, 0.6) is 11.5 Å². The summed E-state index contributed by atoms with van der Waals surface area (Å²) in [7, 11) is 2.90. The zero-order valence-corrected chi connectivity index (χ0v) is 13.3. The molecule has 0 spiro atoms. The van der Waals surface area contributed by atoms with Gasteiger partial charge in [-0.2, -0.15) is 0 Å². The zero-order chi connectivity index (χ0) is 17.9.